The highest BCUT2D eigenvalue weighted by atomic mass is 19.1. The lowest BCUT2D eigenvalue weighted by molar-refractivity contribution is -0.142. The fraction of sp³-hybridized carbons (Fsp3) is 0.348. The summed E-state index contributed by atoms with van der Waals surface area (Å²) in [6, 6.07) is 12.4. The molecule has 2 aromatic carbocycles. The first-order valence-corrected chi connectivity index (χ1v) is 9.21. The monoisotopic (exact) mass is 374 g/mol. The van der Waals surface area contributed by atoms with E-state index >= 15 is 0 Å². The SMILES string of the molecule is CC(=O)OCc1ccccc1.CC/C=C(\CCC)c1c(F)cc(C)cc1F. The van der Waals surface area contributed by atoms with Crippen LogP contribution in [0.4, 0.5) is 8.78 Å². The van der Waals surface area contributed by atoms with Crippen molar-refractivity contribution in [1.82, 2.24) is 0 Å². The Bertz CT molecular complexity index is 729. The van der Waals surface area contributed by atoms with Gasteiger partial charge in [-0.05, 0) is 48.6 Å². The van der Waals surface area contributed by atoms with Crippen molar-refractivity contribution in [1.29, 1.82) is 0 Å². The standard InChI is InChI=1S/C14H18F2.C9H10O2/c1-4-6-11(7-5-2)14-12(15)8-10(3)9-13(14)16;1-8(10)11-7-9-5-3-2-4-6-9/h6,8-9H,4-5,7H2,1-3H3;2-6H,7H2,1H3/b11-6+;. The van der Waals surface area contributed by atoms with E-state index in [4.69, 9.17) is 4.74 Å². The lowest BCUT2D eigenvalue weighted by Crippen LogP contribution is -1.97. The van der Waals surface area contributed by atoms with Crippen molar-refractivity contribution in [2.45, 2.75) is 53.6 Å². The van der Waals surface area contributed by atoms with Crippen LogP contribution in [0.2, 0.25) is 0 Å². The summed E-state index contributed by atoms with van der Waals surface area (Å²) in [5.74, 6) is -1.15. The number of aryl methyl sites for hydroxylation is 1. The van der Waals surface area contributed by atoms with Gasteiger partial charge in [-0.15, -0.1) is 0 Å². The van der Waals surface area contributed by atoms with Gasteiger partial charge >= 0.3 is 5.97 Å². The Morgan fingerprint density at radius 3 is 2.15 bits per heavy atom. The number of allylic oxidation sites excluding steroid dienone is 2. The largest absolute Gasteiger partial charge is 0.461 e. The minimum atomic E-state index is -0.453. The molecule has 0 aliphatic heterocycles. The molecular weight excluding hydrogens is 346 g/mol. The molecule has 0 aromatic heterocycles. The number of halogens is 2. The number of ether oxygens (including phenoxy) is 1. The van der Waals surface area contributed by atoms with Gasteiger partial charge < -0.3 is 4.74 Å². The number of hydrogen-bond acceptors (Lipinski definition) is 2. The molecule has 0 bridgehead atoms. The highest BCUT2D eigenvalue weighted by molar-refractivity contribution is 5.67. The molecule has 0 aliphatic rings. The van der Waals surface area contributed by atoms with Gasteiger partial charge in [-0.3, -0.25) is 4.79 Å². The zero-order valence-electron chi connectivity index (χ0n) is 16.5. The molecule has 0 fully saturated rings. The number of carbonyl (C=O) groups excluding carboxylic acids is 1. The number of carbonyl (C=O) groups is 1. The zero-order valence-corrected chi connectivity index (χ0v) is 16.5. The summed E-state index contributed by atoms with van der Waals surface area (Å²) >= 11 is 0. The van der Waals surface area contributed by atoms with Crippen LogP contribution in [0.15, 0.2) is 48.5 Å². The quantitative estimate of drug-likeness (QED) is 0.531. The van der Waals surface area contributed by atoms with Crippen molar-refractivity contribution >= 4 is 11.5 Å². The van der Waals surface area contributed by atoms with Crippen LogP contribution in [0.25, 0.3) is 5.57 Å². The molecule has 0 spiro atoms. The van der Waals surface area contributed by atoms with E-state index in [1.807, 2.05) is 50.3 Å². The second kappa shape index (κ2) is 12.0. The van der Waals surface area contributed by atoms with E-state index in [-0.39, 0.29) is 11.5 Å². The van der Waals surface area contributed by atoms with Crippen molar-refractivity contribution in [3.8, 4) is 0 Å². The smallest absolute Gasteiger partial charge is 0.302 e. The normalized spacial score (nSPS) is 10.8. The highest BCUT2D eigenvalue weighted by Gasteiger charge is 2.13. The fourth-order valence-corrected chi connectivity index (χ4v) is 2.61. The Morgan fingerprint density at radius 2 is 1.67 bits per heavy atom. The number of rotatable bonds is 6. The van der Waals surface area contributed by atoms with Gasteiger partial charge in [0, 0.05) is 12.5 Å². The molecule has 146 valence electrons. The minimum absolute atomic E-state index is 0.148. The Hall–Kier alpha value is -2.49. The molecule has 0 saturated carbocycles. The lowest BCUT2D eigenvalue weighted by Gasteiger charge is -2.10. The van der Waals surface area contributed by atoms with E-state index < -0.39 is 11.6 Å². The maximum Gasteiger partial charge on any atom is 0.302 e. The summed E-state index contributed by atoms with van der Waals surface area (Å²) in [6.07, 6.45) is 4.30. The Kier molecular flexibility index (Phi) is 10.0. The Balaban J connectivity index is 0.000000289. The van der Waals surface area contributed by atoms with E-state index in [9.17, 15) is 13.6 Å². The Morgan fingerprint density at radius 1 is 1.07 bits per heavy atom. The first-order chi connectivity index (χ1) is 12.9. The summed E-state index contributed by atoms with van der Waals surface area (Å²) in [4.78, 5) is 10.4. The molecule has 0 atom stereocenters. The third kappa shape index (κ3) is 8.16. The summed E-state index contributed by atoms with van der Waals surface area (Å²) in [5.41, 5.74) is 2.56. The summed E-state index contributed by atoms with van der Waals surface area (Å²) in [6.45, 7) is 7.45. The van der Waals surface area contributed by atoms with E-state index in [1.165, 1.54) is 19.1 Å². The van der Waals surface area contributed by atoms with Gasteiger partial charge in [0.15, 0.2) is 0 Å². The van der Waals surface area contributed by atoms with Crippen molar-refractivity contribution < 1.29 is 18.3 Å². The molecule has 0 heterocycles. The molecule has 0 saturated heterocycles. The average Bonchev–Trinajstić information content (AvgIpc) is 2.61. The molecule has 0 unspecified atom stereocenters. The van der Waals surface area contributed by atoms with Crippen molar-refractivity contribution in [2.75, 3.05) is 0 Å². The maximum atomic E-state index is 13.7. The Labute approximate surface area is 160 Å². The van der Waals surface area contributed by atoms with Crippen LogP contribution >= 0.6 is 0 Å². The fourth-order valence-electron chi connectivity index (χ4n) is 2.61. The minimum Gasteiger partial charge on any atom is -0.461 e. The molecule has 0 N–H and O–H groups in total. The number of esters is 1. The van der Waals surface area contributed by atoms with E-state index in [2.05, 4.69) is 0 Å². The third-order valence-electron chi connectivity index (χ3n) is 3.76. The molecule has 2 rings (SSSR count). The highest BCUT2D eigenvalue weighted by Crippen LogP contribution is 2.27. The van der Waals surface area contributed by atoms with E-state index in [0.29, 0.717) is 18.6 Å². The lowest BCUT2D eigenvalue weighted by atomic mass is 9.98. The molecule has 0 amide bonds. The summed E-state index contributed by atoms with van der Waals surface area (Å²) in [5, 5.41) is 0. The average molecular weight is 374 g/mol. The van der Waals surface area contributed by atoms with Crippen LogP contribution in [0, 0.1) is 18.6 Å². The molecule has 4 heteroatoms. The van der Waals surface area contributed by atoms with Gasteiger partial charge in [0.25, 0.3) is 0 Å². The second-order valence-electron chi connectivity index (χ2n) is 6.26. The molecule has 0 aliphatic carbocycles. The van der Waals surface area contributed by atoms with Crippen molar-refractivity contribution in [3.63, 3.8) is 0 Å². The van der Waals surface area contributed by atoms with Gasteiger partial charge in [-0.25, -0.2) is 8.78 Å². The van der Waals surface area contributed by atoms with Gasteiger partial charge in [-0.1, -0.05) is 56.7 Å². The first kappa shape index (κ1) is 22.6. The van der Waals surface area contributed by atoms with Crippen LogP contribution in [0.3, 0.4) is 0 Å². The predicted molar refractivity (Wildman–Crippen MR) is 106 cm³/mol. The van der Waals surface area contributed by atoms with E-state index in [1.54, 1.807) is 6.92 Å². The van der Waals surface area contributed by atoms with Crippen LogP contribution in [-0.4, -0.2) is 5.97 Å². The van der Waals surface area contributed by atoms with Crippen LogP contribution in [0.1, 0.15) is 56.7 Å². The van der Waals surface area contributed by atoms with E-state index in [0.717, 1.165) is 24.0 Å². The zero-order chi connectivity index (χ0) is 20.2. The van der Waals surface area contributed by atoms with Crippen LogP contribution < -0.4 is 0 Å². The topological polar surface area (TPSA) is 26.3 Å². The first-order valence-electron chi connectivity index (χ1n) is 9.21. The molecule has 2 nitrogen and oxygen atoms in total. The number of benzene rings is 2. The molecular formula is C23H28F2O2. The van der Waals surface area contributed by atoms with Gasteiger partial charge in [0.1, 0.15) is 18.2 Å². The molecule has 27 heavy (non-hydrogen) atoms. The van der Waals surface area contributed by atoms with Crippen LogP contribution in [-0.2, 0) is 16.1 Å². The number of hydrogen-bond donors (Lipinski definition) is 0. The molecule has 2 aromatic rings. The third-order valence-corrected chi connectivity index (χ3v) is 3.76. The van der Waals surface area contributed by atoms with Gasteiger partial charge in [-0.2, -0.15) is 0 Å². The van der Waals surface area contributed by atoms with Gasteiger partial charge in [0.05, 0.1) is 0 Å². The summed E-state index contributed by atoms with van der Waals surface area (Å²) < 4.78 is 32.2. The van der Waals surface area contributed by atoms with Gasteiger partial charge in [0.2, 0.25) is 0 Å². The maximum absolute atomic E-state index is 13.7. The molecule has 0 radical (unpaired) electrons. The summed E-state index contributed by atoms with van der Waals surface area (Å²) in [7, 11) is 0. The second-order valence-corrected chi connectivity index (χ2v) is 6.26. The van der Waals surface area contributed by atoms with Crippen molar-refractivity contribution in [3.05, 3.63) is 76.9 Å². The predicted octanol–water partition coefficient (Wildman–Crippen LogP) is 6.62. The van der Waals surface area contributed by atoms with Crippen LogP contribution in [0.5, 0.6) is 0 Å². The van der Waals surface area contributed by atoms with Crippen molar-refractivity contribution in [2.24, 2.45) is 0 Å².